The van der Waals surface area contributed by atoms with Gasteiger partial charge in [-0.15, -0.1) is 0 Å². The van der Waals surface area contributed by atoms with Crippen LogP contribution in [-0.2, 0) is 4.74 Å². The quantitative estimate of drug-likeness (QED) is 0.706. The van der Waals surface area contributed by atoms with E-state index in [2.05, 4.69) is 44.8 Å². The van der Waals surface area contributed by atoms with E-state index in [1.165, 1.54) is 12.8 Å². The van der Waals surface area contributed by atoms with E-state index in [0.29, 0.717) is 24.2 Å². The van der Waals surface area contributed by atoms with Crippen molar-refractivity contribution < 1.29 is 4.74 Å². The Labute approximate surface area is 107 Å². The van der Waals surface area contributed by atoms with Gasteiger partial charge in [-0.1, -0.05) is 0 Å². The Morgan fingerprint density at radius 3 is 2.24 bits per heavy atom. The first kappa shape index (κ1) is 14.9. The third kappa shape index (κ3) is 4.94. The van der Waals surface area contributed by atoms with Crippen LogP contribution in [0.2, 0.25) is 0 Å². The lowest BCUT2D eigenvalue weighted by Crippen LogP contribution is -2.49. The van der Waals surface area contributed by atoms with Crippen LogP contribution in [0.25, 0.3) is 0 Å². The van der Waals surface area contributed by atoms with Gasteiger partial charge in [-0.25, -0.2) is 0 Å². The van der Waals surface area contributed by atoms with Gasteiger partial charge in [0.25, 0.3) is 0 Å². The van der Waals surface area contributed by atoms with E-state index in [1.807, 2.05) is 0 Å². The SMILES string of the molecule is CCOC1CC(NCCN(C(C)C)C(C)C)C1. The number of rotatable bonds is 8. The average Bonchev–Trinajstić information content (AvgIpc) is 2.18. The van der Waals surface area contributed by atoms with Crippen molar-refractivity contribution in [3.63, 3.8) is 0 Å². The van der Waals surface area contributed by atoms with E-state index in [4.69, 9.17) is 4.74 Å². The topological polar surface area (TPSA) is 24.5 Å². The van der Waals surface area contributed by atoms with Gasteiger partial charge in [-0.2, -0.15) is 0 Å². The summed E-state index contributed by atoms with van der Waals surface area (Å²) in [6.07, 6.45) is 2.90. The summed E-state index contributed by atoms with van der Waals surface area (Å²) in [5.41, 5.74) is 0. The molecule has 1 N–H and O–H groups in total. The highest BCUT2D eigenvalue weighted by Crippen LogP contribution is 2.22. The third-order valence-electron chi connectivity index (χ3n) is 3.63. The number of hydrogen-bond acceptors (Lipinski definition) is 3. The lowest BCUT2D eigenvalue weighted by molar-refractivity contribution is -0.0105. The summed E-state index contributed by atoms with van der Waals surface area (Å²) in [7, 11) is 0. The van der Waals surface area contributed by atoms with E-state index in [9.17, 15) is 0 Å². The van der Waals surface area contributed by atoms with Gasteiger partial charge in [0.2, 0.25) is 0 Å². The summed E-state index contributed by atoms with van der Waals surface area (Å²) in [5, 5.41) is 3.63. The predicted octanol–water partition coefficient (Wildman–Crippen LogP) is 2.26. The minimum atomic E-state index is 0.517. The van der Waals surface area contributed by atoms with Gasteiger partial charge >= 0.3 is 0 Å². The van der Waals surface area contributed by atoms with Crippen LogP contribution in [0.5, 0.6) is 0 Å². The van der Waals surface area contributed by atoms with E-state index in [1.54, 1.807) is 0 Å². The zero-order valence-corrected chi connectivity index (χ0v) is 12.2. The van der Waals surface area contributed by atoms with Crippen molar-refractivity contribution in [1.29, 1.82) is 0 Å². The summed E-state index contributed by atoms with van der Waals surface area (Å²) in [5.74, 6) is 0. The van der Waals surface area contributed by atoms with Gasteiger partial charge in [0, 0.05) is 37.8 Å². The van der Waals surface area contributed by atoms with Crippen molar-refractivity contribution in [3.05, 3.63) is 0 Å². The highest BCUT2D eigenvalue weighted by Gasteiger charge is 2.28. The van der Waals surface area contributed by atoms with Crippen molar-refractivity contribution in [1.82, 2.24) is 10.2 Å². The third-order valence-corrected chi connectivity index (χ3v) is 3.63. The Kier molecular flexibility index (Phi) is 6.45. The van der Waals surface area contributed by atoms with Crippen LogP contribution in [0.4, 0.5) is 0 Å². The molecule has 102 valence electrons. The summed E-state index contributed by atoms with van der Waals surface area (Å²) in [6, 6.07) is 1.96. The van der Waals surface area contributed by atoms with E-state index < -0.39 is 0 Å². The fourth-order valence-electron chi connectivity index (χ4n) is 2.61. The van der Waals surface area contributed by atoms with Gasteiger partial charge in [0.15, 0.2) is 0 Å². The van der Waals surface area contributed by atoms with Crippen molar-refractivity contribution in [3.8, 4) is 0 Å². The smallest absolute Gasteiger partial charge is 0.0604 e. The highest BCUT2D eigenvalue weighted by molar-refractivity contribution is 4.86. The molecule has 0 aromatic rings. The van der Waals surface area contributed by atoms with Crippen molar-refractivity contribution in [2.24, 2.45) is 0 Å². The molecule has 1 rings (SSSR count). The second kappa shape index (κ2) is 7.34. The number of nitrogens with zero attached hydrogens (tertiary/aromatic N) is 1. The first-order valence-corrected chi connectivity index (χ1v) is 7.15. The normalized spacial score (nSPS) is 24.7. The summed E-state index contributed by atoms with van der Waals surface area (Å²) in [4.78, 5) is 2.53. The molecule has 0 heterocycles. The molecule has 1 aliphatic carbocycles. The Bertz CT molecular complexity index is 192. The Morgan fingerprint density at radius 2 is 1.76 bits per heavy atom. The van der Waals surface area contributed by atoms with Crippen LogP contribution >= 0.6 is 0 Å². The lowest BCUT2D eigenvalue weighted by Gasteiger charge is -2.37. The van der Waals surface area contributed by atoms with Crippen LogP contribution in [0.3, 0.4) is 0 Å². The molecule has 0 saturated heterocycles. The molecule has 0 aromatic heterocycles. The van der Waals surface area contributed by atoms with Gasteiger partial charge < -0.3 is 10.1 Å². The maximum Gasteiger partial charge on any atom is 0.0604 e. The Hall–Kier alpha value is -0.120. The molecule has 0 atom stereocenters. The van der Waals surface area contributed by atoms with E-state index >= 15 is 0 Å². The zero-order chi connectivity index (χ0) is 12.8. The van der Waals surface area contributed by atoms with E-state index in [0.717, 1.165) is 19.7 Å². The largest absolute Gasteiger partial charge is 0.378 e. The van der Waals surface area contributed by atoms with Crippen LogP contribution in [0.15, 0.2) is 0 Å². The minimum absolute atomic E-state index is 0.517. The molecule has 3 nitrogen and oxygen atoms in total. The Morgan fingerprint density at radius 1 is 1.18 bits per heavy atom. The van der Waals surface area contributed by atoms with Gasteiger partial charge in [0.05, 0.1) is 6.10 Å². The number of ether oxygens (including phenoxy) is 1. The van der Waals surface area contributed by atoms with Crippen molar-refractivity contribution in [2.75, 3.05) is 19.7 Å². The van der Waals surface area contributed by atoms with Crippen molar-refractivity contribution in [2.45, 2.75) is 71.7 Å². The van der Waals surface area contributed by atoms with Crippen LogP contribution in [-0.4, -0.2) is 48.8 Å². The average molecular weight is 242 g/mol. The summed E-state index contributed by atoms with van der Waals surface area (Å²) in [6.45, 7) is 14.3. The van der Waals surface area contributed by atoms with Crippen LogP contribution in [0, 0.1) is 0 Å². The molecule has 1 aliphatic rings. The monoisotopic (exact) mass is 242 g/mol. The molecule has 0 amide bonds. The molecular weight excluding hydrogens is 212 g/mol. The van der Waals surface area contributed by atoms with E-state index in [-0.39, 0.29) is 0 Å². The summed E-state index contributed by atoms with van der Waals surface area (Å²) < 4.78 is 5.56. The molecule has 0 radical (unpaired) electrons. The number of nitrogens with one attached hydrogen (secondary N) is 1. The maximum atomic E-state index is 5.56. The molecule has 0 bridgehead atoms. The predicted molar refractivity (Wildman–Crippen MR) is 73.4 cm³/mol. The molecule has 17 heavy (non-hydrogen) atoms. The zero-order valence-electron chi connectivity index (χ0n) is 12.2. The molecule has 0 unspecified atom stereocenters. The van der Waals surface area contributed by atoms with Gasteiger partial charge in [0.1, 0.15) is 0 Å². The maximum absolute atomic E-state index is 5.56. The first-order chi connectivity index (χ1) is 8.04. The minimum Gasteiger partial charge on any atom is -0.378 e. The highest BCUT2D eigenvalue weighted by atomic mass is 16.5. The Balaban J connectivity index is 2.08. The summed E-state index contributed by atoms with van der Waals surface area (Å²) >= 11 is 0. The molecule has 1 fully saturated rings. The lowest BCUT2D eigenvalue weighted by atomic mass is 9.89. The molecule has 0 aliphatic heterocycles. The molecular formula is C14H30N2O. The second-order valence-electron chi connectivity index (χ2n) is 5.63. The van der Waals surface area contributed by atoms with Crippen LogP contribution < -0.4 is 5.32 Å². The standard InChI is InChI=1S/C14H30N2O/c1-6-17-14-9-13(10-14)15-7-8-16(11(2)3)12(4)5/h11-15H,6-10H2,1-5H3. The molecule has 0 aromatic carbocycles. The van der Waals surface area contributed by atoms with Crippen LogP contribution in [0.1, 0.15) is 47.5 Å². The fraction of sp³-hybridized carbons (Fsp3) is 1.00. The second-order valence-corrected chi connectivity index (χ2v) is 5.63. The first-order valence-electron chi connectivity index (χ1n) is 7.15. The van der Waals surface area contributed by atoms with Gasteiger partial charge in [-0.05, 0) is 47.5 Å². The molecule has 3 heteroatoms. The van der Waals surface area contributed by atoms with Crippen molar-refractivity contribution >= 4 is 0 Å². The molecule has 1 saturated carbocycles. The van der Waals surface area contributed by atoms with Gasteiger partial charge in [-0.3, -0.25) is 4.90 Å². The fourth-order valence-corrected chi connectivity index (χ4v) is 2.61. The number of hydrogen-bond donors (Lipinski definition) is 1. The molecule has 0 spiro atoms.